The van der Waals surface area contributed by atoms with E-state index in [0.29, 0.717) is 18.5 Å². The van der Waals surface area contributed by atoms with E-state index in [1.807, 2.05) is 12.1 Å². The summed E-state index contributed by atoms with van der Waals surface area (Å²) in [6, 6.07) is 4.39. The molecule has 0 aliphatic rings. The summed E-state index contributed by atoms with van der Waals surface area (Å²) in [5.74, 6) is 1.64. The van der Waals surface area contributed by atoms with Gasteiger partial charge in [-0.2, -0.15) is 0 Å². The van der Waals surface area contributed by atoms with Gasteiger partial charge in [-0.25, -0.2) is 4.98 Å². The van der Waals surface area contributed by atoms with Crippen LogP contribution < -0.4 is 10.2 Å². The Kier molecular flexibility index (Phi) is 6.59. The van der Waals surface area contributed by atoms with Crippen LogP contribution in [0.2, 0.25) is 5.02 Å². The molecule has 0 aliphatic carbocycles. The highest BCUT2D eigenvalue weighted by molar-refractivity contribution is 6.31. The van der Waals surface area contributed by atoms with Gasteiger partial charge in [-0.15, -0.1) is 0 Å². The highest BCUT2D eigenvalue weighted by Crippen LogP contribution is 2.20. The second-order valence-corrected chi connectivity index (χ2v) is 5.97. The third-order valence-electron chi connectivity index (χ3n) is 2.87. The number of aromatic nitrogens is 1. The molecule has 4 heteroatoms. The molecule has 0 unspecified atom stereocenters. The molecule has 0 saturated heterocycles. The molecule has 1 heterocycles. The van der Waals surface area contributed by atoms with E-state index in [-0.39, 0.29) is 0 Å². The molecule has 0 saturated carbocycles. The van der Waals surface area contributed by atoms with Crippen molar-refractivity contribution in [3.05, 3.63) is 22.8 Å². The van der Waals surface area contributed by atoms with Crippen LogP contribution in [-0.4, -0.2) is 24.1 Å². The third kappa shape index (κ3) is 5.37. The molecule has 1 aromatic heterocycles. The topological polar surface area (TPSA) is 28.2 Å². The SMILES string of the molecule is CCN(CC(C)C)c1ccc(Cl)c(CNC(C)C)n1. The quantitative estimate of drug-likeness (QED) is 0.827. The highest BCUT2D eigenvalue weighted by Gasteiger charge is 2.11. The normalized spacial score (nSPS) is 11.4. The van der Waals surface area contributed by atoms with Crippen LogP contribution in [0.15, 0.2) is 12.1 Å². The average Bonchev–Trinajstić information content (AvgIpc) is 2.34. The van der Waals surface area contributed by atoms with E-state index in [0.717, 1.165) is 29.6 Å². The molecule has 0 amide bonds. The van der Waals surface area contributed by atoms with Gasteiger partial charge in [-0.1, -0.05) is 39.3 Å². The van der Waals surface area contributed by atoms with Crippen LogP contribution >= 0.6 is 11.6 Å². The first-order valence-electron chi connectivity index (χ1n) is 7.07. The maximum atomic E-state index is 6.21. The molecule has 1 aromatic rings. The summed E-state index contributed by atoms with van der Waals surface area (Å²) in [4.78, 5) is 6.99. The smallest absolute Gasteiger partial charge is 0.128 e. The van der Waals surface area contributed by atoms with Gasteiger partial charge in [-0.05, 0) is 25.0 Å². The van der Waals surface area contributed by atoms with Gasteiger partial charge in [0.1, 0.15) is 5.82 Å². The van der Waals surface area contributed by atoms with Crippen LogP contribution in [-0.2, 0) is 6.54 Å². The van der Waals surface area contributed by atoms with Crippen molar-refractivity contribution in [3.8, 4) is 0 Å². The predicted octanol–water partition coefficient (Wildman–Crippen LogP) is 3.72. The lowest BCUT2D eigenvalue weighted by atomic mass is 10.2. The Morgan fingerprint density at radius 1 is 1.26 bits per heavy atom. The van der Waals surface area contributed by atoms with Crippen LogP contribution in [0.1, 0.15) is 40.3 Å². The lowest BCUT2D eigenvalue weighted by molar-refractivity contribution is 0.578. The summed E-state index contributed by atoms with van der Waals surface area (Å²) in [5.41, 5.74) is 0.926. The first kappa shape index (κ1) is 16.3. The molecular weight excluding hydrogens is 258 g/mol. The molecule has 0 bridgehead atoms. The molecular formula is C15H26ClN3. The lowest BCUT2D eigenvalue weighted by Crippen LogP contribution is -2.29. The minimum Gasteiger partial charge on any atom is -0.357 e. The fraction of sp³-hybridized carbons (Fsp3) is 0.667. The second-order valence-electron chi connectivity index (χ2n) is 5.57. The van der Waals surface area contributed by atoms with Crippen molar-refractivity contribution in [2.75, 3.05) is 18.0 Å². The number of anilines is 1. The lowest BCUT2D eigenvalue weighted by Gasteiger charge is -2.24. The maximum Gasteiger partial charge on any atom is 0.128 e. The molecule has 0 radical (unpaired) electrons. The van der Waals surface area contributed by atoms with Crippen molar-refractivity contribution >= 4 is 17.4 Å². The fourth-order valence-electron chi connectivity index (χ4n) is 1.90. The van der Waals surface area contributed by atoms with Crippen LogP contribution in [0.3, 0.4) is 0 Å². The zero-order chi connectivity index (χ0) is 14.4. The predicted molar refractivity (Wildman–Crippen MR) is 83.9 cm³/mol. The number of pyridine rings is 1. The number of hydrogen-bond acceptors (Lipinski definition) is 3. The minimum atomic E-state index is 0.430. The van der Waals surface area contributed by atoms with Crippen LogP contribution in [0, 0.1) is 5.92 Å². The summed E-state index contributed by atoms with van der Waals surface area (Å²) < 4.78 is 0. The first-order chi connectivity index (χ1) is 8.93. The summed E-state index contributed by atoms with van der Waals surface area (Å²) in [7, 11) is 0. The number of rotatable bonds is 7. The van der Waals surface area contributed by atoms with Gasteiger partial charge in [0.25, 0.3) is 0 Å². The average molecular weight is 284 g/mol. The largest absolute Gasteiger partial charge is 0.357 e. The van der Waals surface area contributed by atoms with Gasteiger partial charge in [0.05, 0.1) is 10.7 Å². The Hall–Kier alpha value is -0.800. The van der Waals surface area contributed by atoms with Crippen LogP contribution in [0.4, 0.5) is 5.82 Å². The minimum absolute atomic E-state index is 0.430. The molecule has 0 fully saturated rings. The Morgan fingerprint density at radius 2 is 1.95 bits per heavy atom. The number of hydrogen-bond donors (Lipinski definition) is 1. The monoisotopic (exact) mass is 283 g/mol. The summed E-state index contributed by atoms with van der Waals surface area (Å²) in [6.07, 6.45) is 0. The second kappa shape index (κ2) is 7.71. The summed E-state index contributed by atoms with van der Waals surface area (Å²) in [6.45, 7) is 13.5. The molecule has 0 aliphatic heterocycles. The van der Waals surface area contributed by atoms with E-state index in [1.165, 1.54) is 0 Å². The van der Waals surface area contributed by atoms with Gasteiger partial charge >= 0.3 is 0 Å². The molecule has 19 heavy (non-hydrogen) atoms. The number of halogens is 1. The van der Waals surface area contributed by atoms with Crippen molar-refractivity contribution in [1.82, 2.24) is 10.3 Å². The van der Waals surface area contributed by atoms with Gasteiger partial charge in [0, 0.05) is 25.7 Å². The fourth-order valence-corrected chi connectivity index (χ4v) is 2.07. The van der Waals surface area contributed by atoms with Crippen molar-refractivity contribution in [1.29, 1.82) is 0 Å². The van der Waals surface area contributed by atoms with Crippen LogP contribution in [0.5, 0.6) is 0 Å². The summed E-state index contributed by atoms with van der Waals surface area (Å²) >= 11 is 6.21. The van der Waals surface area contributed by atoms with Crippen molar-refractivity contribution in [2.45, 2.75) is 47.2 Å². The molecule has 108 valence electrons. The van der Waals surface area contributed by atoms with E-state index in [4.69, 9.17) is 16.6 Å². The molecule has 0 atom stereocenters. The van der Waals surface area contributed by atoms with E-state index < -0.39 is 0 Å². The molecule has 0 aromatic carbocycles. The van der Waals surface area contributed by atoms with E-state index in [1.54, 1.807) is 0 Å². The number of nitrogens with zero attached hydrogens (tertiary/aromatic N) is 2. The van der Waals surface area contributed by atoms with E-state index in [9.17, 15) is 0 Å². The van der Waals surface area contributed by atoms with Gasteiger partial charge in [0.15, 0.2) is 0 Å². The van der Waals surface area contributed by atoms with Crippen molar-refractivity contribution in [2.24, 2.45) is 5.92 Å². The molecule has 3 nitrogen and oxygen atoms in total. The van der Waals surface area contributed by atoms with Gasteiger partial charge < -0.3 is 10.2 Å². The Morgan fingerprint density at radius 3 is 2.47 bits per heavy atom. The van der Waals surface area contributed by atoms with Crippen LogP contribution in [0.25, 0.3) is 0 Å². The Bertz CT molecular complexity index is 391. The van der Waals surface area contributed by atoms with Crippen molar-refractivity contribution < 1.29 is 0 Å². The van der Waals surface area contributed by atoms with E-state index >= 15 is 0 Å². The highest BCUT2D eigenvalue weighted by atomic mass is 35.5. The molecule has 0 spiro atoms. The van der Waals surface area contributed by atoms with Gasteiger partial charge in [-0.3, -0.25) is 0 Å². The first-order valence-corrected chi connectivity index (χ1v) is 7.45. The van der Waals surface area contributed by atoms with Gasteiger partial charge in [0.2, 0.25) is 0 Å². The van der Waals surface area contributed by atoms with E-state index in [2.05, 4.69) is 44.8 Å². The third-order valence-corrected chi connectivity index (χ3v) is 3.22. The number of nitrogens with one attached hydrogen (secondary N) is 1. The maximum absolute atomic E-state index is 6.21. The standard InChI is InChI=1S/C15H26ClN3/c1-6-19(10-11(2)3)15-8-7-13(16)14(18-15)9-17-12(4)5/h7-8,11-12,17H,6,9-10H2,1-5H3. The zero-order valence-corrected chi connectivity index (χ0v) is 13.5. The Labute approximate surface area is 122 Å². The Balaban J connectivity index is 2.86. The zero-order valence-electron chi connectivity index (χ0n) is 12.7. The molecule has 1 N–H and O–H groups in total. The van der Waals surface area contributed by atoms with Crippen molar-refractivity contribution in [3.63, 3.8) is 0 Å². The summed E-state index contributed by atoms with van der Waals surface area (Å²) in [5, 5.41) is 4.10. The molecule has 1 rings (SSSR count).